The molecule has 0 spiro atoms. The largest absolute Gasteiger partial charge is 0.365 e. The van der Waals surface area contributed by atoms with Crippen LogP contribution in [0.5, 0.6) is 0 Å². The maximum Gasteiger partial charge on any atom is 0.0522 e. The van der Waals surface area contributed by atoms with Crippen LogP contribution in [0, 0.1) is 0 Å². The van der Waals surface area contributed by atoms with Gasteiger partial charge in [-0.05, 0) is 60.8 Å². The zero-order valence-corrected chi connectivity index (χ0v) is 15.1. The number of hydrogen-bond acceptors (Lipinski definition) is 2. The third-order valence-corrected chi connectivity index (χ3v) is 6.00. The highest BCUT2D eigenvalue weighted by Crippen LogP contribution is 2.38. The number of fused-ring (bicyclic) bond motifs is 1. The molecule has 1 fully saturated rings. The monoisotopic (exact) mass is 343 g/mol. The van der Waals surface area contributed by atoms with Crippen LogP contribution in [0.4, 0.5) is 0 Å². The SMILES string of the molecule is C=C(c1ccc(C2=CC=CC2)cc1)N(C1CC1)C1CCc2[nH]ncc2C1. The summed E-state index contributed by atoms with van der Waals surface area (Å²) in [6.45, 7) is 4.51. The number of nitrogens with one attached hydrogen (secondary N) is 1. The Morgan fingerprint density at radius 2 is 1.96 bits per heavy atom. The fourth-order valence-corrected chi connectivity index (χ4v) is 4.41. The van der Waals surface area contributed by atoms with E-state index in [1.54, 1.807) is 0 Å². The predicted molar refractivity (Wildman–Crippen MR) is 106 cm³/mol. The first-order valence-corrected chi connectivity index (χ1v) is 9.74. The molecular formula is C23H25N3. The Hall–Kier alpha value is -2.55. The van der Waals surface area contributed by atoms with Crippen molar-refractivity contribution in [3.05, 3.63) is 77.7 Å². The van der Waals surface area contributed by atoms with Crippen molar-refractivity contribution >= 4 is 11.3 Å². The van der Waals surface area contributed by atoms with Crippen LogP contribution < -0.4 is 0 Å². The summed E-state index contributed by atoms with van der Waals surface area (Å²) in [5.41, 5.74) is 7.88. The minimum absolute atomic E-state index is 0.543. The molecule has 1 atom stereocenters. The molecule has 2 aromatic rings. The Bertz CT molecular complexity index is 880. The number of nitrogens with zero attached hydrogens (tertiary/aromatic N) is 2. The molecule has 3 heteroatoms. The van der Waals surface area contributed by atoms with Gasteiger partial charge in [0.25, 0.3) is 0 Å². The molecule has 1 unspecified atom stereocenters. The molecule has 3 aliphatic carbocycles. The first-order chi connectivity index (χ1) is 12.8. The molecule has 0 saturated heterocycles. The number of allylic oxidation sites excluding steroid dienone is 4. The summed E-state index contributed by atoms with van der Waals surface area (Å²) < 4.78 is 0. The highest BCUT2D eigenvalue weighted by molar-refractivity contribution is 5.73. The fourth-order valence-electron chi connectivity index (χ4n) is 4.41. The first-order valence-electron chi connectivity index (χ1n) is 9.74. The zero-order chi connectivity index (χ0) is 17.5. The second-order valence-electron chi connectivity index (χ2n) is 7.76. The summed E-state index contributed by atoms with van der Waals surface area (Å²) in [6.07, 6.45) is 15.6. The lowest BCUT2D eigenvalue weighted by Gasteiger charge is -2.37. The molecule has 0 amide bonds. The minimum atomic E-state index is 0.543. The maximum absolute atomic E-state index is 4.51. The molecule has 1 N–H and O–H groups in total. The standard InChI is InChI=1S/C23H25N3/c1-16(17-6-8-19(9-7-17)18-4-2-3-5-18)26(21-10-11-21)22-12-13-23-20(14-22)15-24-25-23/h2-4,6-9,15,21-22H,1,5,10-14H2,(H,24,25). The van der Waals surface area contributed by atoms with Crippen LogP contribution >= 0.6 is 0 Å². The summed E-state index contributed by atoms with van der Waals surface area (Å²) in [7, 11) is 0. The van der Waals surface area contributed by atoms with Gasteiger partial charge in [0.15, 0.2) is 0 Å². The van der Waals surface area contributed by atoms with E-state index in [9.17, 15) is 0 Å². The highest BCUT2D eigenvalue weighted by Gasteiger charge is 2.36. The molecule has 1 aromatic heterocycles. The fraction of sp³-hybridized carbons (Fsp3) is 0.348. The van der Waals surface area contributed by atoms with Gasteiger partial charge in [0.1, 0.15) is 0 Å². The summed E-state index contributed by atoms with van der Waals surface area (Å²) in [6, 6.07) is 10.2. The molecule has 1 heterocycles. The molecule has 3 aliphatic rings. The van der Waals surface area contributed by atoms with E-state index in [1.165, 1.54) is 52.9 Å². The first kappa shape index (κ1) is 15.7. The lowest BCUT2D eigenvalue weighted by atomic mass is 9.91. The van der Waals surface area contributed by atoms with E-state index in [0.29, 0.717) is 12.1 Å². The van der Waals surface area contributed by atoms with E-state index in [4.69, 9.17) is 0 Å². The Balaban J connectivity index is 1.37. The topological polar surface area (TPSA) is 31.9 Å². The average Bonchev–Trinajstić information content (AvgIpc) is 3.17. The van der Waals surface area contributed by atoms with Crippen LogP contribution in [-0.4, -0.2) is 27.2 Å². The van der Waals surface area contributed by atoms with Crippen molar-refractivity contribution in [1.29, 1.82) is 0 Å². The molecule has 5 rings (SSSR count). The van der Waals surface area contributed by atoms with Gasteiger partial charge in [0.05, 0.1) is 6.20 Å². The second kappa shape index (κ2) is 6.31. The van der Waals surface area contributed by atoms with Crippen molar-refractivity contribution in [3.63, 3.8) is 0 Å². The van der Waals surface area contributed by atoms with Crippen molar-refractivity contribution < 1.29 is 0 Å². The lowest BCUT2D eigenvalue weighted by molar-refractivity contribution is 0.259. The number of hydrogen-bond donors (Lipinski definition) is 1. The molecule has 0 bridgehead atoms. The molecule has 0 aliphatic heterocycles. The number of aryl methyl sites for hydroxylation is 1. The normalized spacial score (nSPS) is 21.4. The Morgan fingerprint density at radius 3 is 2.69 bits per heavy atom. The van der Waals surface area contributed by atoms with Gasteiger partial charge in [-0.25, -0.2) is 0 Å². The van der Waals surface area contributed by atoms with E-state index < -0.39 is 0 Å². The summed E-state index contributed by atoms with van der Waals surface area (Å²) in [5, 5.41) is 7.39. The maximum atomic E-state index is 4.51. The number of aromatic nitrogens is 2. The van der Waals surface area contributed by atoms with E-state index in [-0.39, 0.29) is 0 Å². The van der Waals surface area contributed by atoms with E-state index in [1.807, 2.05) is 6.20 Å². The van der Waals surface area contributed by atoms with Crippen LogP contribution in [0.3, 0.4) is 0 Å². The van der Waals surface area contributed by atoms with Gasteiger partial charge in [-0.15, -0.1) is 0 Å². The van der Waals surface area contributed by atoms with Crippen molar-refractivity contribution in [3.8, 4) is 0 Å². The van der Waals surface area contributed by atoms with Crippen molar-refractivity contribution in [1.82, 2.24) is 15.1 Å². The number of benzene rings is 1. The third-order valence-electron chi connectivity index (χ3n) is 6.00. The number of rotatable bonds is 5. The summed E-state index contributed by atoms with van der Waals surface area (Å²) >= 11 is 0. The van der Waals surface area contributed by atoms with Crippen molar-refractivity contribution in [2.45, 2.75) is 50.6 Å². The second-order valence-corrected chi connectivity index (χ2v) is 7.76. The third kappa shape index (κ3) is 2.82. The van der Waals surface area contributed by atoms with E-state index >= 15 is 0 Å². The van der Waals surface area contributed by atoms with Gasteiger partial charge < -0.3 is 4.90 Å². The van der Waals surface area contributed by atoms with Gasteiger partial charge >= 0.3 is 0 Å². The van der Waals surface area contributed by atoms with Gasteiger partial charge in [0.2, 0.25) is 0 Å². The van der Waals surface area contributed by atoms with Crippen molar-refractivity contribution in [2.75, 3.05) is 0 Å². The predicted octanol–water partition coefficient (Wildman–Crippen LogP) is 4.75. The molecular weight excluding hydrogens is 318 g/mol. The summed E-state index contributed by atoms with van der Waals surface area (Å²) in [4.78, 5) is 2.61. The van der Waals surface area contributed by atoms with Gasteiger partial charge in [-0.3, -0.25) is 5.10 Å². The number of H-pyrrole nitrogens is 1. The average molecular weight is 343 g/mol. The van der Waals surface area contributed by atoms with Crippen LogP contribution in [0.25, 0.3) is 11.3 Å². The van der Waals surface area contributed by atoms with Crippen LogP contribution in [0.2, 0.25) is 0 Å². The van der Waals surface area contributed by atoms with E-state index in [2.05, 4.69) is 64.2 Å². The molecule has 1 saturated carbocycles. The Kier molecular flexibility index (Phi) is 3.81. The van der Waals surface area contributed by atoms with Crippen LogP contribution in [0.15, 0.2) is 55.3 Å². The highest BCUT2D eigenvalue weighted by atomic mass is 15.2. The molecule has 3 nitrogen and oxygen atoms in total. The molecule has 26 heavy (non-hydrogen) atoms. The zero-order valence-electron chi connectivity index (χ0n) is 15.1. The van der Waals surface area contributed by atoms with Crippen LogP contribution in [-0.2, 0) is 12.8 Å². The van der Waals surface area contributed by atoms with Crippen LogP contribution in [0.1, 0.15) is 48.1 Å². The lowest BCUT2D eigenvalue weighted by Crippen LogP contribution is -2.39. The Morgan fingerprint density at radius 1 is 1.12 bits per heavy atom. The van der Waals surface area contributed by atoms with Gasteiger partial charge in [-0.1, -0.05) is 49.1 Å². The Labute approximate surface area is 155 Å². The quantitative estimate of drug-likeness (QED) is 0.850. The molecule has 132 valence electrons. The minimum Gasteiger partial charge on any atom is -0.365 e. The summed E-state index contributed by atoms with van der Waals surface area (Å²) in [5.74, 6) is 0. The van der Waals surface area contributed by atoms with E-state index in [0.717, 1.165) is 19.3 Å². The smallest absolute Gasteiger partial charge is 0.0522 e. The molecule has 0 radical (unpaired) electrons. The van der Waals surface area contributed by atoms with Crippen molar-refractivity contribution in [2.24, 2.45) is 0 Å². The van der Waals surface area contributed by atoms with Gasteiger partial charge in [0, 0.05) is 23.5 Å². The van der Waals surface area contributed by atoms with Gasteiger partial charge in [-0.2, -0.15) is 5.10 Å². The molecule has 1 aromatic carbocycles. The number of aromatic amines is 1.